The van der Waals surface area contributed by atoms with Crippen molar-refractivity contribution in [1.82, 2.24) is 23.4 Å². The molecule has 1 saturated carbocycles. The van der Waals surface area contributed by atoms with Crippen LogP contribution in [0.5, 0.6) is 5.75 Å². The molecule has 3 aliphatic rings. The highest BCUT2D eigenvalue weighted by atomic mass is 32.2. The van der Waals surface area contributed by atoms with Crippen LogP contribution in [0.2, 0.25) is 0 Å². The summed E-state index contributed by atoms with van der Waals surface area (Å²) in [6.07, 6.45) is 8.63. The van der Waals surface area contributed by atoms with Crippen LogP contribution in [0, 0.1) is 5.41 Å². The molecule has 43 heavy (non-hydrogen) atoms. The van der Waals surface area contributed by atoms with E-state index < -0.39 is 0 Å². The van der Waals surface area contributed by atoms with E-state index in [-0.39, 0.29) is 11.3 Å². The third kappa shape index (κ3) is 6.21. The molecule has 3 heterocycles. The Morgan fingerprint density at radius 1 is 1.07 bits per heavy atom. The summed E-state index contributed by atoms with van der Waals surface area (Å²) in [5, 5.41) is 1.32. The molecule has 232 valence electrons. The Bertz CT molecular complexity index is 1480. The Kier molecular flexibility index (Phi) is 8.84. The number of nitrogens with one attached hydrogen (secondary N) is 1. The molecule has 2 aliphatic heterocycles. The molecule has 0 bridgehead atoms. The maximum Gasteiger partial charge on any atom is 0.262 e. The Balaban J connectivity index is 1.51. The zero-order valence-corrected chi connectivity index (χ0v) is 27.7. The van der Waals surface area contributed by atoms with Gasteiger partial charge in [0.25, 0.3) is 5.91 Å². The summed E-state index contributed by atoms with van der Waals surface area (Å²) < 4.78 is 13.3. The minimum Gasteiger partial charge on any atom is -0.497 e. The number of hydrogen-bond acceptors (Lipinski definition) is 6. The maximum atomic E-state index is 13.3. The van der Waals surface area contributed by atoms with Crippen LogP contribution in [0.4, 0.5) is 0 Å². The summed E-state index contributed by atoms with van der Waals surface area (Å²) >= 11 is 1.32. The molecule has 3 aromatic rings. The molecule has 1 aromatic heterocycles. The van der Waals surface area contributed by atoms with E-state index in [1.807, 2.05) is 24.5 Å². The van der Waals surface area contributed by atoms with Gasteiger partial charge in [0.15, 0.2) is 0 Å². The SMILES string of the molecule is COc1ccc2c(c1)CC(C)(CN1CCC1CN(C)C)Cn1c-2c(C2CCCCC2)c2ccc(C(=O)NSN(C)C)cc21. The van der Waals surface area contributed by atoms with Crippen LogP contribution < -0.4 is 9.46 Å². The number of rotatable bonds is 9. The Morgan fingerprint density at radius 3 is 2.53 bits per heavy atom. The fourth-order valence-electron chi connectivity index (χ4n) is 7.87. The van der Waals surface area contributed by atoms with Gasteiger partial charge < -0.3 is 14.2 Å². The molecular weight excluding hydrogens is 554 g/mol. The smallest absolute Gasteiger partial charge is 0.262 e. The number of likely N-dealkylation sites (N-methyl/N-ethyl adjacent to an activating group) is 1. The van der Waals surface area contributed by atoms with E-state index >= 15 is 0 Å². The van der Waals surface area contributed by atoms with Crippen LogP contribution in [-0.4, -0.2) is 85.6 Å². The molecule has 1 N–H and O–H groups in total. The van der Waals surface area contributed by atoms with Crippen molar-refractivity contribution in [3.05, 3.63) is 53.1 Å². The van der Waals surface area contributed by atoms with Gasteiger partial charge >= 0.3 is 0 Å². The standard InChI is InChI=1S/C35H49N5O2S/c1-35(22-39-17-16-27(39)21-37(2)3)20-26-18-28(42-6)13-15-29(26)33-32(24-10-8-7-9-11-24)30-14-12-25(19-31(30)40(33)23-35)34(41)36-43-38(4)5/h12-15,18-19,24,27H,7-11,16-17,20-23H2,1-6H3,(H,36,41). The highest BCUT2D eigenvalue weighted by Crippen LogP contribution is 2.49. The van der Waals surface area contributed by atoms with Crippen LogP contribution in [-0.2, 0) is 13.0 Å². The van der Waals surface area contributed by atoms with Crippen molar-refractivity contribution < 1.29 is 9.53 Å². The second-order valence-electron chi connectivity index (χ2n) is 13.9. The molecule has 6 rings (SSSR count). The third-order valence-electron chi connectivity index (χ3n) is 9.85. The monoisotopic (exact) mass is 603 g/mol. The van der Waals surface area contributed by atoms with Gasteiger partial charge in [-0.05, 0) is 101 Å². The number of benzene rings is 2. The van der Waals surface area contributed by atoms with E-state index in [1.54, 1.807) is 7.11 Å². The first-order valence-electron chi connectivity index (χ1n) is 16.0. The molecule has 1 aliphatic carbocycles. The molecule has 2 fully saturated rings. The summed E-state index contributed by atoms with van der Waals surface area (Å²) in [5.74, 6) is 1.41. The zero-order valence-electron chi connectivity index (χ0n) is 26.9. The fourth-order valence-corrected chi connectivity index (χ4v) is 8.25. The number of methoxy groups -OCH3 is 1. The molecule has 2 aromatic carbocycles. The number of amides is 1. The number of ether oxygens (including phenoxy) is 1. The summed E-state index contributed by atoms with van der Waals surface area (Å²) in [7, 11) is 10.0. The van der Waals surface area contributed by atoms with Crippen molar-refractivity contribution in [2.24, 2.45) is 5.41 Å². The number of aromatic nitrogens is 1. The van der Waals surface area contributed by atoms with Crippen molar-refractivity contribution in [1.29, 1.82) is 0 Å². The van der Waals surface area contributed by atoms with Crippen molar-refractivity contribution in [3.63, 3.8) is 0 Å². The van der Waals surface area contributed by atoms with Gasteiger partial charge in [-0.3, -0.25) is 14.4 Å². The van der Waals surface area contributed by atoms with Crippen molar-refractivity contribution in [2.45, 2.75) is 70.4 Å². The maximum absolute atomic E-state index is 13.3. The summed E-state index contributed by atoms with van der Waals surface area (Å²) in [5.41, 5.74) is 7.51. The summed E-state index contributed by atoms with van der Waals surface area (Å²) in [4.78, 5) is 18.3. The minimum absolute atomic E-state index is 0.0200. The summed E-state index contributed by atoms with van der Waals surface area (Å²) in [6, 6.07) is 13.8. The van der Waals surface area contributed by atoms with E-state index in [0.717, 1.165) is 31.8 Å². The first-order valence-corrected chi connectivity index (χ1v) is 16.8. The molecule has 0 spiro atoms. The largest absolute Gasteiger partial charge is 0.497 e. The molecule has 0 radical (unpaired) electrons. The average molecular weight is 604 g/mol. The summed E-state index contributed by atoms with van der Waals surface area (Å²) in [6.45, 7) is 6.73. The van der Waals surface area contributed by atoms with E-state index in [4.69, 9.17) is 4.74 Å². The number of likely N-dealkylation sites (tertiary alicyclic amines) is 1. The number of carbonyl (C=O) groups excluding carboxylic acids is 1. The lowest BCUT2D eigenvalue weighted by atomic mass is 9.79. The van der Waals surface area contributed by atoms with Gasteiger partial charge in [-0.2, -0.15) is 0 Å². The van der Waals surface area contributed by atoms with Crippen LogP contribution in [0.1, 0.15) is 72.9 Å². The quantitative estimate of drug-likeness (QED) is 0.285. The minimum atomic E-state index is -0.0519. The normalized spacial score (nSPS) is 22.7. The third-order valence-corrected chi connectivity index (χ3v) is 10.5. The topological polar surface area (TPSA) is 53.0 Å². The average Bonchev–Trinajstić information content (AvgIpc) is 3.22. The first-order chi connectivity index (χ1) is 20.7. The molecule has 2 unspecified atom stereocenters. The zero-order chi connectivity index (χ0) is 30.3. The molecule has 1 amide bonds. The fraction of sp³-hybridized carbons (Fsp3) is 0.571. The van der Waals surface area contributed by atoms with E-state index in [1.165, 1.54) is 90.5 Å². The lowest BCUT2D eigenvalue weighted by Crippen LogP contribution is -2.56. The van der Waals surface area contributed by atoms with Gasteiger partial charge in [0, 0.05) is 71.8 Å². The van der Waals surface area contributed by atoms with Crippen LogP contribution in [0.15, 0.2) is 36.4 Å². The highest BCUT2D eigenvalue weighted by Gasteiger charge is 2.40. The van der Waals surface area contributed by atoms with Crippen LogP contribution >= 0.6 is 12.1 Å². The van der Waals surface area contributed by atoms with Gasteiger partial charge in [-0.1, -0.05) is 32.3 Å². The number of nitrogens with zero attached hydrogens (tertiary/aromatic N) is 4. The van der Waals surface area contributed by atoms with Gasteiger partial charge in [0.2, 0.25) is 0 Å². The predicted molar refractivity (Wildman–Crippen MR) is 179 cm³/mol. The molecule has 1 saturated heterocycles. The van der Waals surface area contributed by atoms with Gasteiger partial charge in [-0.25, -0.2) is 4.31 Å². The Morgan fingerprint density at radius 2 is 1.86 bits per heavy atom. The van der Waals surface area contributed by atoms with Crippen molar-refractivity contribution >= 4 is 28.9 Å². The Hall–Kier alpha value is -2.52. The number of carbonyl (C=O) groups is 1. The lowest BCUT2D eigenvalue weighted by molar-refractivity contribution is 0.0232. The van der Waals surface area contributed by atoms with Crippen LogP contribution in [0.25, 0.3) is 22.2 Å². The molecular formula is C35H49N5O2S. The molecule has 8 heteroatoms. The van der Waals surface area contributed by atoms with Gasteiger partial charge in [-0.15, -0.1) is 0 Å². The predicted octanol–water partition coefficient (Wildman–Crippen LogP) is 6.42. The van der Waals surface area contributed by atoms with Gasteiger partial charge in [0.05, 0.1) is 12.8 Å². The Labute approximate surface area is 262 Å². The lowest BCUT2D eigenvalue weighted by Gasteiger charge is -2.47. The molecule has 2 atom stereocenters. The number of hydrogen-bond donors (Lipinski definition) is 1. The van der Waals surface area contributed by atoms with Gasteiger partial charge in [0.1, 0.15) is 5.75 Å². The van der Waals surface area contributed by atoms with E-state index in [9.17, 15) is 4.79 Å². The number of fused-ring (bicyclic) bond motifs is 5. The molecule has 7 nitrogen and oxygen atoms in total. The first kappa shape index (κ1) is 30.5. The second kappa shape index (κ2) is 12.5. The van der Waals surface area contributed by atoms with Crippen molar-refractivity contribution in [2.75, 3.05) is 54.9 Å². The highest BCUT2D eigenvalue weighted by molar-refractivity contribution is 7.95. The van der Waals surface area contributed by atoms with E-state index in [2.05, 4.69) is 70.4 Å². The second-order valence-corrected chi connectivity index (χ2v) is 15.1. The van der Waals surface area contributed by atoms with E-state index in [0.29, 0.717) is 17.5 Å². The van der Waals surface area contributed by atoms with Crippen molar-refractivity contribution in [3.8, 4) is 17.0 Å². The van der Waals surface area contributed by atoms with Crippen LogP contribution in [0.3, 0.4) is 0 Å².